The third-order valence-corrected chi connectivity index (χ3v) is 3.98. The van der Waals surface area contributed by atoms with E-state index in [1.54, 1.807) is 0 Å². The van der Waals surface area contributed by atoms with Crippen molar-refractivity contribution in [3.63, 3.8) is 0 Å². The van der Waals surface area contributed by atoms with E-state index >= 15 is 0 Å². The minimum Gasteiger partial charge on any atom is -0.369 e. The average Bonchev–Trinajstić information content (AvgIpc) is 2.46. The highest BCUT2D eigenvalue weighted by Crippen LogP contribution is 2.25. The third kappa shape index (κ3) is 2.99. The van der Waals surface area contributed by atoms with Crippen LogP contribution < -0.4 is 10.6 Å². The zero-order valence-electron chi connectivity index (χ0n) is 10.8. The average molecular weight is 276 g/mol. The fraction of sp³-hybridized carbons (Fsp3) is 0.400. The molecule has 3 rings (SSSR count). The van der Waals surface area contributed by atoms with Gasteiger partial charge in [0.1, 0.15) is 5.82 Å². The van der Waals surface area contributed by atoms with E-state index in [4.69, 9.17) is 11.6 Å². The van der Waals surface area contributed by atoms with Crippen molar-refractivity contribution in [2.24, 2.45) is 5.92 Å². The molecule has 2 aromatic rings. The minimum atomic E-state index is 0.734. The number of nitrogens with one attached hydrogen (secondary N) is 2. The van der Waals surface area contributed by atoms with Crippen molar-refractivity contribution < 1.29 is 0 Å². The summed E-state index contributed by atoms with van der Waals surface area (Å²) in [4.78, 5) is 4.45. The molecule has 3 nitrogen and oxygen atoms in total. The van der Waals surface area contributed by atoms with E-state index in [9.17, 15) is 0 Å². The van der Waals surface area contributed by atoms with Crippen LogP contribution in [-0.4, -0.2) is 24.6 Å². The molecule has 100 valence electrons. The van der Waals surface area contributed by atoms with Crippen LogP contribution in [0.3, 0.4) is 0 Å². The molecule has 0 atom stereocenters. The van der Waals surface area contributed by atoms with Gasteiger partial charge in [-0.1, -0.05) is 17.7 Å². The van der Waals surface area contributed by atoms with Crippen molar-refractivity contribution in [1.82, 2.24) is 10.3 Å². The van der Waals surface area contributed by atoms with Gasteiger partial charge in [0.15, 0.2) is 0 Å². The Bertz CT molecular complexity index is 564. The number of pyridine rings is 1. The lowest BCUT2D eigenvalue weighted by atomic mass is 9.98. The van der Waals surface area contributed by atoms with Gasteiger partial charge < -0.3 is 10.6 Å². The zero-order chi connectivity index (χ0) is 13.1. The Morgan fingerprint density at radius 3 is 2.95 bits per heavy atom. The SMILES string of the molecule is Clc1ccc2ccnc(NCC3CCNCC3)c2c1. The molecule has 19 heavy (non-hydrogen) atoms. The number of halogens is 1. The van der Waals surface area contributed by atoms with Crippen molar-refractivity contribution in [1.29, 1.82) is 0 Å². The van der Waals surface area contributed by atoms with Gasteiger partial charge in [-0.15, -0.1) is 0 Å². The first-order chi connectivity index (χ1) is 9.33. The Kier molecular flexibility index (Phi) is 3.85. The van der Waals surface area contributed by atoms with Crippen LogP contribution in [0.4, 0.5) is 5.82 Å². The number of nitrogens with zero attached hydrogens (tertiary/aromatic N) is 1. The number of fused-ring (bicyclic) bond motifs is 1. The second-order valence-electron chi connectivity index (χ2n) is 5.10. The van der Waals surface area contributed by atoms with Gasteiger partial charge in [-0.25, -0.2) is 4.98 Å². The maximum Gasteiger partial charge on any atom is 0.133 e. The van der Waals surface area contributed by atoms with Gasteiger partial charge in [0.25, 0.3) is 0 Å². The van der Waals surface area contributed by atoms with Crippen LogP contribution in [0.2, 0.25) is 5.02 Å². The summed E-state index contributed by atoms with van der Waals surface area (Å²) in [5.74, 6) is 1.68. The Morgan fingerprint density at radius 2 is 2.11 bits per heavy atom. The molecular weight excluding hydrogens is 258 g/mol. The Morgan fingerprint density at radius 1 is 1.26 bits per heavy atom. The van der Waals surface area contributed by atoms with Crippen LogP contribution in [0.25, 0.3) is 10.8 Å². The largest absolute Gasteiger partial charge is 0.369 e. The highest BCUT2D eigenvalue weighted by atomic mass is 35.5. The van der Waals surface area contributed by atoms with Gasteiger partial charge >= 0.3 is 0 Å². The van der Waals surface area contributed by atoms with Crippen molar-refractivity contribution in [2.45, 2.75) is 12.8 Å². The van der Waals surface area contributed by atoms with Gasteiger partial charge in [-0.05, 0) is 55.4 Å². The highest BCUT2D eigenvalue weighted by molar-refractivity contribution is 6.31. The second kappa shape index (κ2) is 5.76. The molecule has 1 saturated heterocycles. The molecule has 0 unspecified atom stereocenters. The maximum absolute atomic E-state index is 6.08. The molecule has 0 spiro atoms. The normalized spacial score (nSPS) is 16.7. The third-order valence-electron chi connectivity index (χ3n) is 3.75. The summed E-state index contributed by atoms with van der Waals surface area (Å²) in [6.07, 6.45) is 4.32. The van der Waals surface area contributed by atoms with E-state index in [0.717, 1.165) is 41.8 Å². The van der Waals surface area contributed by atoms with Gasteiger partial charge in [0.2, 0.25) is 0 Å². The van der Waals surface area contributed by atoms with E-state index in [-0.39, 0.29) is 0 Å². The molecule has 4 heteroatoms. The van der Waals surface area contributed by atoms with Crippen LogP contribution in [0.15, 0.2) is 30.5 Å². The zero-order valence-corrected chi connectivity index (χ0v) is 11.6. The first-order valence-electron chi connectivity index (χ1n) is 6.82. The molecule has 1 aromatic carbocycles. The van der Waals surface area contributed by atoms with Gasteiger partial charge in [0.05, 0.1) is 0 Å². The number of aromatic nitrogens is 1. The fourth-order valence-corrected chi connectivity index (χ4v) is 2.78. The summed E-state index contributed by atoms with van der Waals surface area (Å²) in [6.45, 7) is 3.24. The van der Waals surface area contributed by atoms with E-state index in [1.165, 1.54) is 18.2 Å². The first-order valence-corrected chi connectivity index (χ1v) is 7.19. The van der Waals surface area contributed by atoms with Crippen molar-refractivity contribution >= 4 is 28.2 Å². The highest BCUT2D eigenvalue weighted by Gasteiger charge is 2.13. The van der Waals surface area contributed by atoms with Crippen LogP contribution >= 0.6 is 11.6 Å². The smallest absolute Gasteiger partial charge is 0.133 e. The summed E-state index contributed by atoms with van der Waals surface area (Å²) < 4.78 is 0. The molecule has 1 aromatic heterocycles. The molecule has 0 radical (unpaired) electrons. The molecule has 1 aliphatic heterocycles. The summed E-state index contributed by atoms with van der Waals surface area (Å²) in [6, 6.07) is 7.95. The topological polar surface area (TPSA) is 37.0 Å². The number of rotatable bonds is 3. The standard InChI is InChI=1S/C15H18ClN3/c16-13-2-1-12-5-8-18-15(14(12)9-13)19-10-11-3-6-17-7-4-11/h1-2,5,8-9,11,17H,3-4,6-7,10H2,(H,18,19). The predicted molar refractivity (Wildman–Crippen MR) is 80.8 cm³/mol. The Hall–Kier alpha value is -1.32. The molecule has 1 fully saturated rings. The lowest BCUT2D eigenvalue weighted by Crippen LogP contribution is -2.31. The van der Waals surface area contributed by atoms with Gasteiger partial charge in [-0.2, -0.15) is 0 Å². The number of piperidine rings is 1. The summed E-state index contributed by atoms with van der Waals surface area (Å²) >= 11 is 6.08. The summed E-state index contributed by atoms with van der Waals surface area (Å²) in [5.41, 5.74) is 0. The molecule has 1 aliphatic rings. The molecule has 2 heterocycles. The predicted octanol–water partition coefficient (Wildman–Crippen LogP) is 3.30. The summed E-state index contributed by atoms with van der Waals surface area (Å²) in [7, 11) is 0. The minimum absolute atomic E-state index is 0.734. The lowest BCUT2D eigenvalue weighted by Gasteiger charge is -2.23. The van der Waals surface area contributed by atoms with Crippen molar-refractivity contribution in [2.75, 3.05) is 25.0 Å². The Labute approximate surface area is 118 Å². The fourth-order valence-electron chi connectivity index (χ4n) is 2.61. The molecule has 0 aliphatic carbocycles. The van der Waals surface area contributed by atoms with Crippen LogP contribution in [0, 0.1) is 5.92 Å². The molecular formula is C15H18ClN3. The molecule has 0 bridgehead atoms. The van der Waals surface area contributed by atoms with Crippen LogP contribution in [-0.2, 0) is 0 Å². The quantitative estimate of drug-likeness (QED) is 0.902. The van der Waals surface area contributed by atoms with E-state index in [0.29, 0.717) is 0 Å². The first kappa shape index (κ1) is 12.7. The lowest BCUT2D eigenvalue weighted by molar-refractivity contribution is 0.389. The Balaban J connectivity index is 1.78. The number of hydrogen-bond donors (Lipinski definition) is 2. The van der Waals surface area contributed by atoms with Crippen LogP contribution in [0.1, 0.15) is 12.8 Å². The number of hydrogen-bond acceptors (Lipinski definition) is 3. The number of anilines is 1. The number of benzene rings is 1. The molecule has 0 saturated carbocycles. The molecule has 2 N–H and O–H groups in total. The van der Waals surface area contributed by atoms with Crippen molar-refractivity contribution in [3.8, 4) is 0 Å². The van der Waals surface area contributed by atoms with E-state index in [2.05, 4.69) is 15.6 Å². The van der Waals surface area contributed by atoms with Gasteiger partial charge in [-0.3, -0.25) is 0 Å². The summed E-state index contributed by atoms with van der Waals surface area (Å²) in [5, 5.41) is 9.91. The molecule has 0 amide bonds. The van der Waals surface area contributed by atoms with Crippen molar-refractivity contribution in [3.05, 3.63) is 35.5 Å². The van der Waals surface area contributed by atoms with E-state index < -0.39 is 0 Å². The van der Waals surface area contributed by atoms with Gasteiger partial charge in [0, 0.05) is 23.2 Å². The monoisotopic (exact) mass is 275 g/mol. The van der Waals surface area contributed by atoms with E-state index in [1.807, 2.05) is 30.5 Å². The second-order valence-corrected chi connectivity index (χ2v) is 5.54. The maximum atomic E-state index is 6.08. The van der Waals surface area contributed by atoms with Crippen LogP contribution in [0.5, 0.6) is 0 Å².